The Bertz CT molecular complexity index is 376. The van der Waals surface area contributed by atoms with Crippen LogP contribution in [0.1, 0.15) is 10.4 Å². The summed E-state index contributed by atoms with van der Waals surface area (Å²) in [5, 5.41) is 0. The minimum atomic E-state index is -0.749. The van der Waals surface area contributed by atoms with E-state index in [1.54, 1.807) is 0 Å². The maximum atomic E-state index is 13.7. The van der Waals surface area contributed by atoms with Crippen LogP contribution in [0.3, 0.4) is 0 Å². The van der Waals surface area contributed by atoms with E-state index in [2.05, 4.69) is 0 Å². The summed E-state index contributed by atoms with van der Waals surface area (Å²) >= 11 is 0. The smallest absolute Gasteiger partial charge is 0.211 e. The molecule has 82 valence electrons. The number of methoxy groups -OCH3 is 3. The van der Waals surface area contributed by atoms with Crippen molar-refractivity contribution < 1.29 is 23.4 Å². The molecule has 0 saturated carbocycles. The molecule has 1 rings (SSSR count). The molecule has 0 bridgehead atoms. The van der Waals surface area contributed by atoms with Gasteiger partial charge in [0.05, 0.1) is 26.9 Å². The molecule has 0 aliphatic rings. The molecule has 0 heterocycles. The SMILES string of the molecule is COc1cc(C=O)c(OC)c(F)c1OC. The van der Waals surface area contributed by atoms with E-state index in [0.29, 0.717) is 6.29 Å². The summed E-state index contributed by atoms with van der Waals surface area (Å²) in [5.41, 5.74) is 0.0765. The zero-order chi connectivity index (χ0) is 11.4. The Morgan fingerprint density at radius 3 is 2.13 bits per heavy atom. The number of ether oxygens (including phenoxy) is 3. The molecule has 4 nitrogen and oxygen atoms in total. The molecule has 0 aromatic heterocycles. The number of carbonyl (C=O) groups excluding carboxylic acids is 1. The predicted molar refractivity (Wildman–Crippen MR) is 51.4 cm³/mol. The van der Waals surface area contributed by atoms with Crippen LogP contribution in [0.15, 0.2) is 6.07 Å². The van der Waals surface area contributed by atoms with Gasteiger partial charge in [0.2, 0.25) is 11.6 Å². The van der Waals surface area contributed by atoms with Gasteiger partial charge in [0.25, 0.3) is 0 Å². The Labute approximate surface area is 86.6 Å². The van der Waals surface area contributed by atoms with Crippen molar-refractivity contribution in [2.75, 3.05) is 21.3 Å². The van der Waals surface area contributed by atoms with Crippen LogP contribution < -0.4 is 14.2 Å². The number of halogens is 1. The van der Waals surface area contributed by atoms with Crippen LogP contribution in [0.5, 0.6) is 17.2 Å². The first-order valence-electron chi connectivity index (χ1n) is 4.13. The second kappa shape index (κ2) is 4.63. The zero-order valence-electron chi connectivity index (χ0n) is 8.67. The maximum absolute atomic E-state index is 13.7. The zero-order valence-corrected chi connectivity index (χ0v) is 8.67. The van der Waals surface area contributed by atoms with E-state index >= 15 is 0 Å². The molecular weight excluding hydrogens is 203 g/mol. The predicted octanol–water partition coefficient (Wildman–Crippen LogP) is 1.66. The highest BCUT2D eigenvalue weighted by molar-refractivity contribution is 5.81. The Kier molecular flexibility index (Phi) is 3.49. The molecule has 0 atom stereocenters. The number of hydrogen-bond acceptors (Lipinski definition) is 4. The third kappa shape index (κ3) is 1.86. The number of rotatable bonds is 4. The van der Waals surface area contributed by atoms with E-state index in [-0.39, 0.29) is 22.8 Å². The summed E-state index contributed by atoms with van der Waals surface area (Å²) in [6, 6.07) is 1.35. The quantitative estimate of drug-likeness (QED) is 0.715. The molecule has 0 aliphatic heterocycles. The third-order valence-corrected chi connectivity index (χ3v) is 1.93. The highest BCUT2D eigenvalue weighted by Gasteiger charge is 2.19. The van der Waals surface area contributed by atoms with Crippen LogP contribution in [0.4, 0.5) is 4.39 Å². The molecule has 0 spiro atoms. The van der Waals surface area contributed by atoms with Crippen molar-refractivity contribution in [3.63, 3.8) is 0 Å². The lowest BCUT2D eigenvalue weighted by atomic mass is 10.2. The van der Waals surface area contributed by atoms with Gasteiger partial charge in [-0.2, -0.15) is 4.39 Å². The first kappa shape index (κ1) is 11.3. The standard InChI is InChI=1S/C10H11FO4/c1-13-7-4-6(5-12)9(14-2)8(11)10(7)15-3/h4-5H,1-3H3. The topological polar surface area (TPSA) is 44.8 Å². The monoisotopic (exact) mass is 214 g/mol. The number of aldehydes is 1. The van der Waals surface area contributed by atoms with Crippen molar-refractivity contribution in [2.24, 2.45) is 0 Å². The first-order valence-corrected chi connectivity index (χ1v) is 4.13. The summed E-state index contributed by atoms with van der Waals surface area (Å²) in [4.78, 5) is 10.7. The van der Waals surface area contributed by atoms with Crippen LogP contribution in [0, 0.1) is 5.82 Å². The van der Waals surface area contributed by atoms with E-state index in [1.165, 1.54) is 27.4 Å². The van der Waals surface area contributed by atoms with E-state index in [9.17, 15) is 9.18 Å². The van der Waals surface area contributed by atoms with Gasteiger partial charge in [0.15, 0.2) is 17.8 Å². The molecule has 0 N–H and O–H groups in total. The summed E-state index contributed by atoms with van der Waals surface area (Å²) in [6.45, 7) is 0. The molecule has 5 heteroatoms. The Balaban J connectivity index is 3.48. The van der Waals surface area contributed by atoms with Crippen molar-refractivity contribution in [3.05, 3.63) is 17.4 Å². The normalized spacial score (nSPS) is 9.60. The van der Waals surface area contributed by atoms with Gasteiger partial charge in [-0.15, -0.1) is 0 Å². The minimum Gasteiger partial charge on any atom is -0.493 e. The largest absolute Gasteiger partial charge is 0.493 e. The second-order valence-corrected chi connectivity index (χ2v) is 2.67. The lowest BCUT2D eigenvalue weighted by molar-refractivity contribution is 0.111. The average molecular weight is 214 g/mol. The molecular formula is C10H11FO4. The van der Waals surface area contributed by atoms with Crippen molar-refractivity contribution in [1.29, 1.82) is 0 Å². The molecule has 1 aromatic rings. The summed E-state index contributed by atoms with van der Waals surface area (Å²) in [5.74, 6) is -0.832. The fourth-order valence-electron chi connectivity index (χ4n) is 1.25. The van der Waals surface area contributed by atoms with Gasteiger partial charge in [-0.3, -0.25) is 4.79 Å². The number of benzene rings is 1. The Morgan fingerprint density at radius 2 is 1.73 bits per heavy atom. The molecule has 1 aromatic carbocycles. The number of hydrogen-bond donors (Lipinski definition) is 0. The minimum absolute atomic E-state index is 0.0765. The van der Waals surface area contributed by atoms with Gasteiger partial charge < -0.3 is 14.2 Å². The van der Waals surface area contributed by atoms with E-state index in [4.69, 9.17) is 14.2 Å². The highest BCUT2D eigenvalue weighted by atomic mass is 19.1. The van der Waals surface area contributed by atoms with Gasteiger partial charge in [-0.1, -0.05) is 0 Å². The lowest BCUT2D eigenvalue weighted by Gasteiger charge is -2.12. The van der Waals surface area contributed by atoms with Crippen LogP contribution in [0.2, 0.25) is 0 Å². The molecule has 15 heavy (non-hydrogen) atoms. The van der Waals surface area contributed by atoms with Crippen molar-refractivity contribution in [1.82, 2.24) is 0 Å². The molecule has 0 fully saturated rings. The van der Waals surface area contributed by atoms with Crippen LogP contribution in [-0.4, -0.2) is 27.6 Å². The lowest BCUT2D eigenvalue weighted by Crippen LogP contribution is -2.00. The van der Waals surface area contributed by atoms with E-state index < -0.39 is 5.82 Å². The van der Waals surface area contributed by atoms with Crippen molar-refractivity contribution >= 4 is 6.29 Å². The maximum Gasteiger partial charge on any atom is 0.211 e. The van der Waals surface area contributed by atoms with E-state index in [0.717, 1.165) is 0 Å². The molecule has 0 amide bonds. The Morgan fingerprint density at radius 1 is 1.13 bits per heavy atom. The molecule has 0 aliphatic carbocycles. The first-order chi connectivity index (χ1) is 7.19. The molecule has 0 radical (unpaired) electrons. The molecule has 0 unspecified atom stereocenters. The van der Waals surface area contributed by atoms with Gasteiger partial charge in [-0.25, -0.2) is 0 Å². The number of carbonyl (C=O) groups is 1. The Hall–Kier alpha value is -1.78. The summed E-state index contributed by atoms with van der Waals surface area (Å²) in [6.07, 6.45) is 0.490. The van der Waals surface area contributed by atoms with Gasteiger partial charge in [0.1, 0.15) is 0 Å². The van der Waals surface area contributed by atoms with E-state index in [1.807, 2.05) is 0 Å². The van der Waals surface area contributed by atoms with Gasteiger partial charge >= 0.3 is 0 Å². The average Bonchev–Trinajstić information content (AvgIpc) is 2.27. The fraction of sp³-hybridized carbons (Fsp3) is 0.300. The van der Waals surface area contributed by atoms with Crippen molar-refractivity contribution in [2.45, 2.75) is 0 Å². The molecule has 0 saturated heterocycles. The van der Waals surface area contributed by atoms with Gasteiger partial charge in [0, 0.05) is 0 Å². The van der Waals surface area contributed by atoms with Crippen LogP contribution in [0.25, 0.3) is 0 Å². The second-order valence-electron chi connectivity index (χ2n) is 2.67. The van der Waals surface area contributed by atoms with Crippen LogP contribution >= 0.6 is 0 Å². The third-order valence-electron chi connectivity index (χ3n) is 1.93. The summed E-state index contributed by atoms with van der Waals surface area (Å²) in [7, 11) is 3.94. The van der Waals surface area contributed by atoms with Crippen molar-refractivity contribution in [3.8, 4) is 17.2 Å². The fourth-order valence-corrected chi connectivity index (χ4v) is 1.25. The highest BCUT2D eigenvalue weighted by Crippen LogP contribution is 2.37. The summed E-state index contributed by atoms with van der Waals surface area (Å²) < 4.78 is 28.1. The van der Waals surface area contributed by atoms with Crippen LogP contribution in [-0.2, 0) is 0 Å². The van der Waals surface area contributed by atoms with Gasteiger partial charge in [-0.05, 0) is 6.07 Å².